The fourth-order valence-corrected chi connectivity index (χ4v) is 6.11. The highest BCUT2D eigenvalue weighted by atomic mass is 27.1. The van der Waals surface area contributed by atoms with Crippen LogP contribution in [-0.4, -0.2) is 15.2 Å². The van der Waals surface area contributed by atoms with Crippen LogP contribution in [0.4, 0.5) is 0 Å². The molecule has 0 aliphatic carbocycles. The summed E-state index contributed by atoms with van der Waals surface area (Å²) in [4.78, 5) is 0. The number of unbranched alkanes of at least 4 members (excludes halogenated alkanes) is 8. The maximum Gasteiger partial charge on any atom is 0.200 e. The van der Waals surface area contributed by atoms with Crippen molar-refractivity contribution < 1.29 is 0 Å². The van der Waals surface area contributed by atoms with Crippen molar-refractivity contribution >= 4 is 15.2 Å². The Balaban J connectivity index is 4.06. The normalized spacial score (nSPS) is 13.8. The lowest BCUT2D eigenvalue weighted by Crippen LogP contribution is -2.09. The van der Waals surface area contributed by atoms with Gasteiger partial charge in [-0.15, -0.1) is 10.6 Å². The lowest BCUT2D eigenvalue weighted by molar-refractivity contribution is 0.430. The van der Waals surface area contributed by atoms with Crippen molar-refractivity contribution in [1.82, 2.24) is 0 Å². The highest BCUT2D eigenvalue weighted by Gasteiger charge is 2.13. The Hall–Kier alpha value is 0.532. The predicted molar refractivity (Wildman–Crippen MR) is 119 cm³/mol. The molecule has 0 saturated carbocycles. The lowest BCUT2D eigenvalue weighted by atomic mass is 9.96. The van der Waals surface area contributed by atoms with Crippen LogP contribution >= 0.6 is 0 Å². The van der Waals surface area contributed by atoms with Crippen LogP contribution < -0.4 is 0 Å². The zero-order chi connectivity index (χ0) is 18.6. The third-order valence-corrected chi connectivity index (χ3v) is 7.86. The van der Waals surface area contributed by atoms with E-state index in [0.717, 1.165) is 11.8 Å². The highest BCUT2D eigenvalue weighted by molar-refractivity contribution is 6.35. The van der Waals surface area contributed by atoms with Gasteiger partial charge in [-0.05, 0) is 0 Å². The third-order valence-electron chi connectivity index (χ3n) is 5.86. The Morgan fingerprint density at radius 3 is 1.16 bits per heavy atom. The zero-order valence-electron chi connectivity index (χ0n) is 18.5. The van der Waals surface area contributed by atoms with Gasteiger partial charge in [0.15, 0.2) is 0 Å². The van der Waals surface area contributed by atoms with Gasteiger partial charge in [-0.2, -0.15) is 0 Å². The largest absolute Gasteiger partial charge is 0.200 e. The summed E-state index contributed by atoms with van der Waals surface area (Å²) in [5.74, 6) is 2.14. The molecule has 0 aromatic heterocycles. The molecule has 0 nitrogen and oxygen atoms in total. The van der Waals surface area contributed by atoms with E-state index in [1.54, 1.807) is 10.6 Å². The van der Waals surface area contributed by atoms with E-state index >= 15 is 0 Å². The van der Waals surface area contributed by atoms with Crippen LogP contribution in [0.25, 0.3) is 0 Å². The average Bonchev–Trinajstić information content (AvgIpc) is 2.63. The summed E-state index contributed by atoms with van der Waals surface area (Å²) in [6.45, 7) is 9.38. The summed E-state index contributed by atoms with van der Waals surface area (Å²) in [7, 11) is 0. The Kier molecular flexibility index (Phi) is 21.3. The fraction of sp³-hybridized carbons (Fsp3) is 1.00. The van der Waals surface area contributed by atoms with Gasteiger partial charge in [-0.25, -0.2) is 0 Å². The summed E-state index contributed by atoms with van der Waals surface area (Å²) in [6, 6.07) is 0. The molecule has 0 aromatic carbocycles. The summed E-state index contributed by atoms with van der Waals surface area (Å²) in [5, 5.41) is 3.20. The van der Waals surface area contributed by atoms with Gasteiger partial charge in [-0.3, -0.25) is 0 Å². The topological polar surface area (TPSA) is 0 Å². The summed E-state index contributed by atoms with van der Waals surface area (Å²) in [5.41, 5.74) is 0. The van der Waals surface area contributed by atoms with E-state index in [0.29, 0.717) is 15.2 Å². The molecule has 0 aliphatic heterocycles. The van der Waals surface area contributed by atoms with E-state index in [2.05, 4.69) is 27.7 Å². The van der Waals surface area contributed by atoms with E-state index < -0.39 is 0 Å². The lowest BCUT2D eigenvalue weighted by Gasteiger charge is -2.20. The molecule has 1 heteroatoms. The van der Waals surface area contributed by atoms with Crippen molar-refractivity contribution in [2.75, 3.05) is 0 Å². The Morgan fingerprint density at radius 2 is 0.800 bits per heavy atom. The van der Waals surface area contributed by atoms with Crippen LogP contribution in [0.1, 0.15) is 130 Å². The van der Waals surface area contributed by atoms with Gasteiger partial charge in [0.2, 0.25) is 15.2 Å². The van der Waals surface area contributed by atoms with E-state index in [4.69, 9.17) is 0 Å². The van der Waals surface area contributed by atoms with Crippen molar-refractivity contribution in [2.45, 2.75) is 141 Å². The Morgan fingerprint density at radius 1 is 0.440 bits per heavy atom. The van der Waals surface area contributed by atoms with E-state index in [-0.39, 0.29) is 0 Å². The van der Waals surface area contributed by atoms with E-state index in [1.807, 2.05) is 0 Å². The first-order chi connectivity index (χ1) is 12.3. The molecule has 0 N–H and O–H groups in total. The highest BCUT2D eigenvalue weighted by Crippen LogP contribution is 2.25. The van der Waals surface area contributed by atoms with Gasteiger partial charge in [0.05, 0.1) is 0 Å². The molecule has 0 bridgehead atoms. The molecule has 2 unspecified atom stereocenters. The molecule has 0 aromatic rings. The van der Waals surface area contributed by atoms with Gasteiger partial charge < -0.3 is 0 Å². The molecule has 25 heavy (non-hydrogen) atoms. The fourth-order valence-electron chi connectivity index (χ4n) is 4.03. The first-order valence-electron chi connectivity index (χ1n) is 12.1. The monoisotopic (exact) mass is 365 g/mol. The quantitative estimate of drug-likeness (QED) is 0.149. The number of hydrogen-bond donors (Lipinski definition) is 0. The second kappa shape index (κ2) is 20.8. The maximum absolute atomic E-state index is 2.36. The minimum absolute atomic E-state index is 0.711. The molecule has 0 amide bonds. The molecule has 0 aliphatic rings. The van der Waals surface area contributed by atoms with Crippen LogP contribution in [0.5, 0.6) is 0 Å². The maximum atomic E-state index is 2.36. The molecule has 2 atom stereocenters. The minimum Gasteiger partial charge on any atom is -0.101 e. The van der Waals surface area contributed by atoms with Crippen molar-refractivity contribution in [1.29, 1.82) is 0 Å². The average molecular weight is 366 g/mol. The molecular weight excluding hydrogens is 315 g/mol. The summed E-state index contributed by atoms with van der Waals surface area (Å²) >= 11 is 0.711. The van der Waals surface area contributed by atoms with Crippen LogP contribution in [0, 0.1) is 11.8 Å². The SMILES string of the molecule is CCCCCCC(CCCC)[CH2][Al][CH2]C(CCCC)CCCCCC. The standard InChI is InChI=1S/2C12H25.Al/c2*1-4-6-8-9-11-12(3)10-7-5-2;/h2*12H,3-11H2,1-2H3;. The Bertz CT molecular complexity index is 214. The number of rotatable bonds is 20. The Labute approximate surface area is 168 Å². The molecule has 149 valence electrons. The van der Waals surface area contributed by atoms with Gasteiger partial charge in [0.25, 0.3) is 0 Å². The van der Waals surface area contributed by atoms with Gasteiger partial charge >= 0.3 is 0 Å². The first-order valence-corrected chi connectivity index (χ1v) is 13.7. The molecule has 1 radical (unpaired) electrons. The van der Waals surface area contributed by atoms with Crippen molar-refractivity contribution in [3.8, 4) is 0 Å². The molecule has 0 fully saturated rings. The van der Waals surface area contributed by atoms with Gasteiger partial charge in [-0.1, -0.05) is 142 Å². The summed E-state index contributed by atoms with van der Waals surface area (Å²) in [6.07, 6.45) is 23.4. The molecular formula is C24H50Al. The molecule has 0 spiro atoms. The van der Waals surface area contributed by atoms with Crippen LogP contribution in [0.15, 0.2) is 0 Å². The molecule has 0 heterocycles. The van der Waals surface area contributed by atoms with Crippen LogP contribution in [0.2, 0.25) is 10.6 Å². The smallest absolute Gasteiger partial charge is 0.101 e. The van der Waals surface area contributed by atoms with Crippen molar-refractivity contribution in [3.63, 3.8) is 0 Å². The van der Waals surface area contributed by atoms with Gasteiger partial charge in [0, 0.05) is 0 Å². The zero-order valence-corrected chi connectivity index (χ0v) is 19.6. The number of hydrogen-bond acceptors (Lipinski definition) is 0. The minimum atomic E-state index is 0.711. The predicted octanol–water partition coefficient (Wildman–Crippen LogP) is 9.08. The first kappa shape index (κ1) is 25.5. The van der Waals surface area contributed by atoms with Crippen molar-refractivity contribution in [3.05, 3.63) is 0 Å². The third kappa shape index (κ3) is 17.7. The van der Waals surface area contributed by atoms with Gasteiger partial charge in [0.1, 0.15) is 0 Å². The van der Waals surface area contributed by atoms with E-state index in [9.17, 15) is 0 Å². The van der Waals surface area contributed by atoms with Crippen LogP contribution in [0.3, 0.4) is 0 Å². The van der Waals surface area contributed by atoms with Crippen molar-refractivity contribution in [2.24, 2.45) is 11.8 Å². The molecule has 0 saturated heterocycles. The molecule has 0 rings (SSSR count). The second-order valence-corrected chi connectivity index (χ2v) is 10.00. The van der Waals surface area contributed by atoms with E-state index in [1.165, 1.54) is 103 Å². The summed E-state index contributed by atoms with van der Waals surface area (Å²) < 4.78 is 0. The van der Waals surface area contributed by atoms with Crippen LogP contribution in [-0.2, 0) is 0 Å². The second-order valence-electron chi connectivity index (χ2n) is 8.48.